The number of rotatable bonds is 6. The summed E-state index contributed by atoms with van der Waals surface area (Å²) in [5.74, 6) is -0.0181. The van der Waals surface area contributed by atoms with Crippen LogP contribution in [0.2, 0.25) is 0 Å². The number of nitrogens with two attached hydrogens (primary N) is 1. The second-order valence-electron chi connectivity index (χ2n) is 7.08. The van der Waals surface area contributed by atoms with Crippen LogP contribution in [0.1, 0.15) is 28.1 Å². The number of nitrogens with zero attached hydrogens (tertiary/aromatic N) is 2. The molecule has 0 radical (unpaired) electrons. The monoisotopic (exact) mass is 464 g/mol. The van der Waals surface area contributed by atoms with Crippen LogP contribution in [0.25, 0.3) is 0 Å². The topological polar surface area (TPSA) is 71.2 Å². The average molecular weight is 465 g/mol. The molecule has 160 valence electrons. The van der Waals surface area contributed by atoms with Crippen LogP contribution < -0.4 is 11.1 Å². The van der Waals surface area contributed by atoms with Gasteiger partial charge in [-0.05, 0) is 23.6 Å². The second-order valence-corrected chi connectivity index (χ2v) is 8.17. The SMILES string of the molecule is Cl.Cl.Nc1ccccc1CCC(=O)Nc1nc2c(s1)CN(Cc1ccccc1)CC2. The summed E-state index contributed by atoms with van der Waals surface area (Å²) in [5.41, 5.74) is 10.1. The van der Waals surface area contributed by atoms with Crippen molar-refractivity contribution in [3.63, 3.8) is 0 Å². The maximum absolute atomic E-state index is 12.3. The molecule has 5 nitrogen and oxygen atoms in total. The second kappa shape index (κ2) is 11.3. The van der Waals surface area contributed by atoms with Crippen LogP contribution in [-0.2, 0) is 30.7 Å². The van der Waals surface area contributed by atoms with E-state index in [1.807, 2.05) is 30.3 Å². The number of hydrogen-bond acceptors (Lipinski definition) is 5. The third-order valence-electron chi connectivity index (χ3n) is 4.98. The first kappa shape index (κ1) is 24.2. The van der Waals surface area contributed by atoms with Crippen LogP contribution in [0.4, 0.5) is 10.8 Å². The Labute approximate surface area is 193 Å². The number of hydrogen-bond donors (Lipinski definition) is 2. The summed E-state index contributed by atoms with van der Waals surface area (Å²) in [4.78, 5) is 20.6. The molecule has 2 aromatic carbocycles. The van der Waals surface area contributed by atoms with Crippen molar-refractivity contribution in [2.45, 2.75) is 32.4 Å². The molecule has 3 aromatic rings. The largest absolute Gasteiger partial charge is 0.399 e. The van der Waals surface area contributed by atoms with Crippen molar-refractivity contribution < 1.29 is 4.79 Å². The zero-order valence-corrected chi connectivity index (χ0v) is 19.0. The summed E-state index contributed by atoms with van der Waals surface area (Å²) in [5, 5.41) is 3.67. The molecule has 0 bridgehead atoms. The molecular formula is C22H26Cl2N4OS. The lowest BCUT2D eigenvalue weighted by atomic mass is 10.1. The molecule has 2 heterocycles. The Morgan fingerprint density at radius 2 is 1.83 bits per heavy atom. The maximum Gasteiger partial charge on any atom is 0.226 e. The number of thiazole rings is 1. The van der Waals surface area contributed by atoms with Crippen molar-refractivity contribution in [2.75, 3.05) is 17.6 Å². The summed E-state index contributed by atoms with van der Waals surface area (Å²) < 4.78 is 0. The summed E-state index contributed by atoms with van der Waals surface area (Å²) in [6, 6.07) is 18.2. The highest BCUT2D eigenvalue weighted by atomic mass is 35.5. The highest BCUT2D eigenvalue weighted by molar-refractivity contribution is 7.15. The Bertz CT molecular complexity index is 965. The highest BCUT2D eigenvalue weighted by Crippen LogP contribution is 2.29. The highest BCUT2D eigenvalue weighted by Gasteiger charge is 2.21. The molecular weight excluding hydrogens is 439 g/mol. The fraction of sp³-hybridized carbons (Fsp3) is 0.273. The first-order valence-electron chi connectivity index (χ1n) is 9.55. The number of anilines is 2. The first-order valence-corrected chi connectivity index (χ1v) is 10.4. The number of benzene rings is 2. The van der Waals surface area contributed by atoms with E-state index >= 15 is 0 Å². The molecule has 8 heteroatoms. The van der Waals surface area contributed by atoms with E-state index in [-0.39, 0.29) is 30.7 Å². The Hall–Kier alpha value is -2.12. The standard InChI is InChI=1S/C22H24N4OS.2ClH/c23-18-9-5-4-8-17(18)10-11-21(27)25-22-24-19-12-13-26(15-20(19)28-22)14-16-6-2-1-3-7-16;;/h1-9H,10-15,23H2,(H,24,25,27);2*1H. The van der Waals surface area contributed by atoms with Crippen molar-refractivity contribution >= 4 is 52.9 Å². The molecule has 0 saturated heterocycles. The molecule has 0 spiro atoms. The molecule has 1 aromatic heterocycles. The number of aromatic nitrogens is 1. The number of nitrogens with one attached hydrogen (secondary N) is 1. The molecule has 1 amide bonds. The number of fused-ring (bicyclic) bond motifs is 1. The van der Waals surface area contributed by atoms with Crippen molar-refractivity contribution in [1.82, 2.24) is 9.88 Å². The minimum atomic E-state index is -0.0181. The smallest absolute Gasteiger partial charge is 0.226 e. The van der Waals surface area contributed by atoms with Crippen LogP contribution >= 0.6 is 36.2 Å². The Morgan fingerprint density at radius 3 is 2.60 bits per heavy atom. The first-order chi connectivity index (χ1) is 13.7. The molecule has 0 atom stereocenters. The van der Waals surface area contributed by atoms with Crippen LogP contribution in [0.15, 0.2) is 54.6 Å². The van der Waals surface area contributed by atoms with Crippen LogP contribution in [0.3, 0.4) is 0 Å². The number of carbonyl (C=O) groups excluding carboxylic acids is 1. The van der Waals surface area contributed by atoms with Crippen molar-refractivity contribution in [3.05, 3.63) is 76.3 Å². The molecule has 0 unspecified atom stereocenters. The summed E-state index contributed by atoms with van der Waals surface area (Å²) >= 11 is 1.59. The van der Waals surface area contributed by atoms with Gasteiger partial charge in [-0.15, -0.1) is 36.2 Å². The lowest BCUT2D eigenvalue weighted by Gasteiger charge is -2.25. The molecule has 0 saturated carbocycles. The fourth-order valence-corrected chi connectivity index (χ4v) is 4.54. The zero-order valence-electron chi connectivity index (χ0n) is 16.5. The van der Waals surface area contributed by atoms with E-state index < -0.39 is 0 Å². The minimum Gasteiger partial charge on any atom is -0.399 e. The van der Waals surface area contributed by atoms with E-state index in [4.69, 9.17) is 5.73 Å². The van der Waals surface area contributed by atoms with Crippen LogP contribution in [0, 0.1) is 0 Å². The molecule has 1 aliphatic heterocycles. The number of aryl methyl sites for hydroxylation is 1. The van der Waals surface area contributed by atoms with E-state index in [9.17, 15) is 4.79 Å². The van der Waals surface area contributed by atoms with E-state index in [1.165, 1.54) is 10.4 Å². The van der Waals surface area contributed by atoms with E-state index in [1.54, 1.807) is 11.3 Å². The summed E-state index contributed by atoms with van der Waals surface area (Å²) in [6.45, 7) is 2.82. The van der Waals surface area contributed by atoms with Gasteiger partial charge in [0.05, 0.1) is 5.69 Å². The van der Waals surface area contributed by atoms with Gasteiger partial charge in [-0.3, -0.25) is 9.69 Å². The number of amides is 1. The lowest BCUT2D eigenvalue weighted by molar-refractivity contribution is -0.116. The van der Waals surface area contributed by atoms with Gasteiger partial charge >= 0.3 is 0 Å². The van der Waals surface area contributed by atoms with E-state index in [2.05, 4.69) is 39.5 Å². The van der Waals surface area contributed by atoms with Crippen molar-refractivity contribution in [1.29, 1.82) is 0 Å². The maximum atomic E-state index is 12.3. The van der Waals surface area contributed by atoms with Gasteiger partial charge in [-0.2, -0.15) is 0 Å². The predicted octanol–water partition coefficient (Wildman–Crippen LogP) is 4.70. The van der Waals surface area contributed by atoms with E-state index in [0.717, 1.165) is 43.0 Å². The average Bonchev–Trinajstić information content (AvgIpc) is 3.09. The molecule has 4 rings (SSSR count). The number of nitrogen functional groups attached to an aromatic ring is 1. The van der Waals surface area contributed by atoms with Gasteiger partial charge in [0.1, 0.15) is 0 Å². The number of carbonyl (C=O) groups is 1. The van der Waals surface area contributed by atoms with Crippen molar-refractivity contribution in [3.8, 4) is 0 Å². The predicted molar refractivity (Wildman–Crippen MR) is 129 cm³/mol. The minimum absolute atomic E-state index is 0. The Balaban J connectivity index is 0.00000160. The third-order valence-corrected chi connectivity index (χ3v) is 5.98. The summed E-state index contributed by atoms with van der Waals surface area (Å²) in [7, 11) is 0. The quantitative estimate of drug-likeness (QED) is 0.518. The summed E-state index contributed by atoms with van der Waals surface area (Å²) in [6.07, 6.45) is 1.96. The lowest BCUT2D eigenvalue weighted by Crippen LogP contribution is -2.29. The van der Waals surface area contributed by atoms with Crippen LogP contribution in [0.5, 0.6) is 0 Å². The van der Waals surface area contributed by atoms with Gasteiger partial charge in [-0.25, -0.2) is 4.98 Å². The Morgan fingerprint density at radius 1 is 1.10 bits per heavy atom. The molecule has 3 N–H and O–H groups in total. The van der Waals surface area contributed by atoms with Crippen LogP contribution in [-0.4, -0.2) is 22.3 Å². The zero-order chi connectivity index (χ0) is 19.3. The molecule has 1 aliphatic rings. The van der Waals surface area contributed by atoms with Gasteiger partial charge in [0, 0.05) is 43.0 Å². The van der Waals surface area contributed by atoms with Gasteiger partial charge in [-0.1, -0.05) is 48.5 Å². The molecule has 0 aliphatic carbocycles. The van der Waals surface area contributed by atoms with Crippen molar-refractivity contribution in [2.24, 2.45) is 0 Å². The molecule has 30 heavy (non-hydrogen) atoms. The van der Waals surface area contributed by atoms with Gasteiger partial charge in [0.2, 0.25) is 5.91 Å². The number of para-hydroxylation sites is 1. The van der Waals surface area contributed by atoms with Gasteiger partial charge in [0.15, 0.2) is 5.13 Å². The molecule has 0 fully saturated rings. The van der Waals surface area contributed by atoms with Gasteiger partial charge < -0.3 is 11.1 Å². The third kappa shape index (κ3) is 6.19. The van der Waals surface area contributed by atoms with Gasteiger partial charge in [0.25, 0.3) is 0 Å². The fourth-order valence-electron chi connectivity index (χ4n) is 3.47. The number of halogens is 2. The van der Waals surface area contributed by atoms with E-state index in [0.29, 0.717) is 18.0 Å². The Kier molecular flexibility index (Phi) is 9.11. The normalized spacial score (nSPS) is 12.9.